The lowest BCUT2D eigenvalue weighted by atomic mass is 10.1. The van der Waals surface area contributed by atoms with E-state index in [0.29, 0.717) is 27.2 Å². The van der Waals surface area contributed by atoms with Crippen LogP contribution in [0.4, 0.5) is 5.69 Å². The number of anilines is 1. The molecule has 1 heterocycles. The molecule has 0 bridgehead atoms. The molecule has 2 aromatic carbocycles. The van der Waals surface area contributed by atoms with E-state index in [1.807, 2.05) is 25.1 Å². The van der Waals surface area contributed by atoms with Crippen molar-refractivity contribution in [3.8, 4) is 17.1 Å². The normalized spacial score (nSPS) is 10.8. The minimum atomic E-state index is 0.460. The summed E-state index contributed by atoms with van der Waals surface area (Å²) in [6.45, 7) is 1.93. The highest BCUT2D eigenvalue weighted by molar-refractivity contribution is 6.35. The number of rotatable bonds is 2. The maximum absolute atomic E-state index is 6.22. The molecule has 0 saturated heterocycles. The smallest absolute Gasteiger partial charge is 0.189 e. The highest BCUT2D eigenvalue weighted by Crippen LogP contribution is 2.30. The summed E-state index contributed by atoms with van der Waals surface area (Å²) < 4.78 is 1.55. The van der Waals surface area contributed by atoms with Crippen LogP contribution in [0.1, 0.15) is 5.56 Å². The summed E-state index contributed by atoms with van der Waals surface area (Å²) in [7, 11) is 0. The van der Waals surface area contributed by atoms with Gasteiger partial charge >= 0.3 is 0 Å². The second-order valence-electron chi connectivity index (χ2n) is 4.55. The molecule has 0 fully saturated rings. The number of para-hydroxylation sites is 1. The fraction of sp³-hybridized carbons (Fsp3) is 0.0714. The van der Waals surface area contributed by atoms with E-state index >= 15 is 0 Å². The third-order valence-corrected chi connectivity index (χ3v) is 3.71. The Bertz CT molecular complexity index is 813. The second-order valence-corrected chi connectivity index (χ2v) is 5.39. The van der Waals surface area contributed by atoms with Crippen LogP contribution in [0.5, 0.6) is 0 Å². The predicted octanol–water partition coefficient (Wildman–Crippen LogP) is 3.53. The Kier molecular flexibility index (Phi) is 3.53. The van der Waals surface area contributed by atoms with E-state index in [4.69, 9.17) is 28.9 Å². The summed E-state index contributed by atoms with van der Waals surface area (Å²) >= 11 is 12.1. The Balaban J connectivity index is 2.20. The van der Waals surface area contributed by atoms with Gasteiger partial charge in [-0.15, -0.1) is 5.10 Å². The lowest BCUT2D eigenvalue weighted by molar-refractivity contribution is 0.791. The molecule has 0 unspecified atom stereocenters. The third kappa shape index (κ3) is 2.46. The van der Waals surface area contributed by atoms with Crippen LogP contribution in [0.15, 0.2) is 36.4 Å². The van der Waals surface area contributed by atoms with E-state index in [1.54, 1.807) is 22.9 Å². The van der Waals surface area contributed by atoms with E-state index in [1.165, 1.54) is 0 Å². The van der Waals surface area contributed by atoms with E-state index in [9.17, 15) is 0 Å². The van der Waals surface area contributed by atoms with E-state index in [-0.39, 0.29) is 0 Å². The van der Waals surface area contributed by atoms with Crippen molar-refractivity contribution in [3.05, 3.63) is 52.0 Å². The molecule has 0 atom stereocenters. The van der Waals surface area contributed by atoms with Gasteiger partial charge in [0.1, 0.15) is 0 Å². The van der Waals surface area contributed by atoms with Crippen molar-refractivity contribution >= 4 is 28.9 Å². The highest BCUT2D eigenvalue weighted by Gasteiger charge is 2.16. The Labute approximate surface area is 131 Å². The molecule has 0 aliphatic carbocycles. The summed E-state index contributed by atoms with van der Waals surface area (Å²) in [5.41, 5.74) is 9.12. The number of nitrogens with zero attached hydrogens (tertiary/aromatic N) is 4. The average molecular weight is 320 g/mol. The molecular weight excluding hydrogens is 309 g/mol. The van der Waals surface area contributed by atoms with Crippen molar-refractivity contribution in [1.29, 1.82) is 0 Å². The van der Waals surface area contributed by atoms with Gasteiger partial charge in [-0.1, -0.05) is 35.3 Å². The van der Waals surface area contributed by atoms with Crippen LogP contribution in [0.25, 0.3) is 17.1 Å². The number of nitrogens with two attached hydrogens (primary N) is 1. The van der Waals surface area contributed by atoms with Gasteiger partial charge in [0.15, 0.2) is 5.82 Å². The molecule has 0 aliphatic heterocycles. The fourth-order valence-corrected chi connectivity index (χ4v) is 2.53. The number of benzene rings is 2. The van der Waals surface area contributed by atoms with Crippen LogP contribution in [-0.4, -0.2) is 20.2 Å². The largest absolute Gasteiger partial charge is 0.398 e. The van der Waals surface area contributed by atoms with Gasteiger partial charge in [0, 0.05) is 16.3 Å². The minimum absolute atomic E-state index is 0.460. The molecule has 0 amide bonds. The molecule has 3 rings (SSSR count). The number of halogens is 2. The molecule has 0 radical (unpaired) electrons. The first kappa shape index (κ1) is 13.9. The summed E-state index contributed by atoms with van der Waals surface area (Å²) in [4.78, 5) is 0. The standard InChI is InChI=1S/C14H11Cl2N5/c1-8-3-2-4-10(13(8)17)14-18-19-20-21(14)12-6-5-9(15)7-11(12)16/h2-7H,17H2,1H3. The van der Waals surface area contributed by atoms with E-state index in [0.717, 1.165) is 11.1 Å². The first-order chi connectivity index (χ1) is 10.1. The van der Waals surface area contributed by atoms with Crippen LogP contribution in [-0.2, 0) is 0 Å². The molecular formula is C14H11Cl2N5. The molecule has 7 heteroatoms. The summed E-state index contributed by atoms with van der Waals surface area (Å²) in [6, 6.07) is 10.8. The molecule has 21 heavy (non-hydrogen) atoms. The van der Waals surface area contributed by atoms with Gasteiger partial charge in [-0.3, -0.25) is 0 Å². The van der Waals surface area contributed by atoms with Crippen molar-refractivity contribution in [2.24, 2.45) is 0 Å². The van der Waals surface area contributed by atoms with Gasteiger partial charge in [0.25, 0.3) is 0 Å². The summed E-state index contributed by atoms with van der Waals surface area (Å²) in [6.07, 6.45) is 0. The van der Waals surface area contributed by atoms with Crippen molar-refractivity contribution in [2.75, 3.05) is 5.73 Å². The predicted molar refractivity (Wildman–Crippen MR) is 83.8 cm³/mol. The number of aryl methyl sites for hydroxylation is 1. The van der Waals surface area contributed by atoms with Crippen LogP contribution in [0.2, 0.25) is 10.0 Å². The lowest BCUT2D eigenvalue weighted by Crippen LogP contribution is -2.03. The zero-order chi connectivity index (χ0) is 15.0. The monoisotopic (exact) mass is 319 g/mol. The Morgan fingerprint density at radius 2 is 1.95 bits per heavy atom. The van der Waals surface area contributed by atoms with Gasteiger partial charge < -0.3 is 5.73 Å². The van der Waals surface area contributed by atoms with Crippen LogP contribution < -0.4 is 5.73 Å². The first-order valence-electron chi connectivity index (χ1n) is 6.17. The van der Waals surface area contributed by atoms with E-state index < -0.39 is 0 Å². The fourth-order valence-electron chi connectivity index (χ4n) is 2.05. The molecule has 0 saturated carbocycles. The number of tetrazole rings is 1. The quantitative estimate of drug-likeness (QED) is 0.733. The van der Waals surface area contributed by atoms with E-state index in [2.05, 4.69) is 15.5 Å². The molecule has 0 spiro atoms. The molecule has 2 N–H and O–H groups in total. The van der Waals surface area contributed by atoms with Crippen molar-refractivity contribution < 1.29 is 0 Å². The average Bonchev–Trinajstić information content (AvgIpc) is 2.91. The third-order valence-electron chi connectivity index (χ3n) is 3.17. The zero-order valence-corrected chi connectivity index (χ0v) is 12.6. The van der Waals surface area contributed by atoms with Gasteiger partial charge in [0.05, 0.1) is 10.7 Å². The number of aromatic nitrogens is 4. The van der Waals surface area contributed by atoms with Gasteiger partial charge in [-0.25, -0.2) is 0 Å². The van der Waals surface area contributed by atoms with Gasteiger partial charge in [-0.2, -0.15) is 4.68 Å². The Morgan fingerprint density at radius 1 is 1.14 bits per heavy atom. The van der Waals surface area contributed by atoms with Crippen molar-refractivity contribution in [1.82, 2.24) is 20.2 Å². The summed E-state index contributed by atoms with van der Waals surface area (Å²) in [5, 5.41) is 12.8. The summed E-state index contributed by atoms with van der Waals surface area (Å²) in [5.74, 6) is 0.528. The molecule has 106 valence electrons. The number of hydrogen-bond donors (Lipinski definition) is 1. The Morgan fingerprint density at radius 3 is 2.71 bits per heavy atom. The minimum Gasteiger partial charge on any atom is -0.398 e. The molecule has 3 aromatic rings. The van der Waals surface area contributed by atoms with Crippen LogP contribution in [0.3, 0.4) is 0 Å². The Hall–Kier alpha value is -2.11. The lowest BCUT2D eigenvalue weighted by Gasteiger charge is -2.10. The van der Waals surface area contributed by atoms with Crippen molar-refractivity contribution in [3.63, 3.8) is 0 Å². The first-order valence-corrected chi connectivity index (χ1v) is 6.93. The molecule has 1 aromatic heterocycles. The maximum Gasteiger partial charge on any atom is 0.189 e. The molecule has 0 aliphatic rings. The molecule has 5 nitrogen and oxygen atoms in total. The van der Waals surface area contributed by atoms with Gasteiger partial charge in [-0.05, 0) is 47.2 Å². The zero-order valence-electron chi connectivity index (χ0n) is 11.1. The van der Waals surface area contributed by atoms with Crippen LogP contribution in [0, 0.1) is 6.92 Å². The highest BCUT2D eigenvalue weighted by atomic mass is 35.5. The topological polar surface area (TPSA) is 69.6 Å². The SMILES string of the molecule is Cc1cccc(-c2nnnn2-c2ccc(Cl)cc2Cl)c1N. The maximum atomic E-state index is 6.22. The second kappa shape index (κ2) is 5.35. The number of hydrogen-bond acceptors (Lipinski definition) is 4. The van der Waals surface area contributed by atoms with Crippen LogP contribution >= 0.6 is 23.2 Å². The van der Waals surface area contributed by atoms with Gasteiger partial charge in [0.2, 0.25) is 0 Å². The number of nitrogen functional groups attached to an aromatic ring is 1. The van der Waals surface area contributed by atoms with Crippen molar-refractivity contribution in [2.45, 2.75) is 6.92 Å².